The van der Waals surface area contributed by atoms with Crippen LogP contribution in [0.5, 0.6) is 0 Å². The lowest BCUT2D eigenvalue weighted by Gasteiger charge is -2.61. The predicted molar refractivity (Wildman–Crippen MR) is 121 cm³/mol. The molecule has 0 spiro atoms. The van der Waals surface area contributed by atoms with Crippen molar-refractivity contribution in [3.8, 4) is 0 Å². The third kappa shape index (κ3) is 3.50. The molecule has 1 nitrogen and oxygen atoms in total. The molecule has 28 heavy (non-hydrogen) atoms. The zero-order valence-electron chi connectivity index (χ0n) is 19.7. The van der Waals surface area contributed by atoms with E-state index in [1.165, 1.54) is 77.0 Å². The molecule has 0 aromatic heterocycles. The maximum absolute atomic E-state index is 6.39. The van der Waals surface area contributed by atoms with Gasteiger partial charge in [0.25, 0.3) is 0 Å². The van der Waals surface area contributed by atoms with Crippen molar-refractivity contribution in [3.63, 3.8) is 0 Å². The van der Waals surface area contributed by atoms with Crippen molar-refractivity contribution in [2.75, 3.05) is 0 Å². The first-order chi connectivity index (χ1) is 13.3. The molecule has 0 heterocycles. The van der Waals surface area contributed by atoms with Gasteiger partial charge in [-0.2, -0.15) is 0 Å². The lowest BCUT2D eigenvalue weighted by molar-refractivity contribution is -0.116. The molecule has 0 amide bonds. The highest BCUT2D eigenvalue weighted by Gasteiger charge is 2.60. The SMILES string of the molecule is CC(C)CCC[C@@H](C)[C@H]1CC[C@@H]2[C@H]3CCC4C[C@H](N)CC[C@]4(C)[C@H]3CC[C@@]21C. The highest BCUT2D eigenvalue weighted by Crippen LogP contribution is 2.68. The predicted octanol–water partition coefficient (Wildman–Crippen LogP) is 7.44. The molecular weight excluding hydrogens is 338 g/mol. The fourth-order valence-corrected chi connectivity index (χ4v) is 9.32. The van der Waals surface area contributed by atoms with Gasteiger partial charge in [-0.25, -0.2) is 0 Å². The molecule has 0 aliphatic heterocycles. The largest absolute Gasteiger partial charge is 0.328 e. The van der Waals surface area contributed by atoms with E-state index in [0.717, 1.165) is 41.4 Å². The monoisotopic (exact) mass is 387 g/mol. The van der Waals surface area contributed by atoms with E-state index in [1.807, 2.05) is 0 Å². The molecule has 1 heteroatoms. The molecule has 0 bridgehead atoms. The number of hydrogen-bond donors (Lipinski definition) is 1. The van der Waals surface area contributed by atoms with E-state index in [1.54, 1.807) is 0 Å². The fourth-order valence-electron chi connectivity index (χ4n) is 9.32. The van der Waals surface area contributed by atoms with Gasteiger partial charge in [-0.15, -0.1) is 0 Å². The van der Waals surface area contributed by atoms with E-state index < -0.39 is 0 Å². The maximum atomic E-state index is 6.39. The summed E-state index contributed by atoms with van der Waals surface area (Å²) in [7, 11) is 0. The van der Waals surface area contributed by atoms with Crippen LogP contribution < -0.4 is 5.73 Å². The zero-order valence-corrected chi connectivity index (χ0v) is 19.7. The van der Waals surface area contributed by atoms with Crippen molar-refractivity contribution in [3.05, 3.63) is 0 Å². The summed E-state index contributed by atoms with van der Waals surface area (Å²) in [6.45, 7) is 12.8. The van der Waals surface area contributed by atoms with Gasteiger partial charge >= 0.3 is 0 Å². The van der Waals surface area contributed by atoms with Crippen LogP contribution in [0.2, 0.25) is 0 Å². The van der Waals surface area contributed by atoms with E-state index in [9.17, 15) is 0 Å². The number of rotatable bonds is 5. The van der Waals surface area contributed by atoms with Crippen molar-refractivity contribution < 1.29 is 0 Å². The smallest absolute Gasteiger partial charge is 0.00418 e. The molecule has 2 N–H and O–H groups in total. The second-order valence-electron chi connectivity index (χ2n) is 12.7. The standard InChI is InChI=1S/C27H49N/c1-18(2)7-6-8-19(3)23-11-12-24-22-10-9-20-17-21(28)13-15-26(20,4)25(22)14-16-27(23,24)5/h18-25H,6-17,28H2,1-5H3/t19-,20?,21-,22-,23-,24-,25+,26+,27-/m1/s1. The molecule has 162 valence electrons. The topological polar surface area (TPSA) is 26.0 Å². The molecule has 0 radical (unpaired) electrons. The number of nitrogens with two attached hydrogens (primary N) is 1. The van der Waals surface area contributed by atoms with Crippen LogP contribution in [0.15, 0.2) is 0 Å². The lowest BCUT2D eigenvalue weighted by Crippen LogP contribution is -2.54. The van der Waals surface area contributed by atoms with Crippen molar-refractivity contribution in [1.82, 2.24) is 0 Å². The Morgan fingerprint density at radius 2 is 1.54 bits per heavy atom. The third-order valence-electron chi connectivity index (χ3n) is 10.9. The van der Waals surface area contributed by atoms with Gasteiger partial charge in [0.15, 0.2) is 0 Å². The van der Waals surface area contributed by atoms with Gasteiger partial charge in [0.05, 0.1) is 0 Å². The van der Waals surface area contributed by atoms with Gasteiger partial charge in [0, 0.05) is 6.04 Å². The van der Waals surface area contributed by atoms with Crippen molar-refractivity contribution in [2.24, 2.45) is 58.0 Å². The summed E-state index contributed by atoms with van der Waals surface area (Å²) in [6, 6.07) is 0.492. The molecular formula is C27H49N. The van der Waals surface area contributed by atoms with Crippen molar-refractivity contribution in [1.29, 1.82) is 0 Å². The molecule has 9 atom stereocenters. The van der Waals surface area contributed by atoms with E-state index >= 15 is 0 Å². The Kier molecular flexibility index (Phi) is 5.98. The summed E-state index contributed by atoms with van der Waals surface area (Å²) < 4.78 is 0. The molecule has 1 unspecified atom stereocenters. The van der Waals surface area contributed by atoms with E-state index in [0.29, 0.717) is 16.9 Å². The minimum Gasteiger partial charge on any atom is -0.328 e. The Bertz CT molecular complexity index is 540. The van der Waals surface area contributed by atoms with Crippen LogP contribution in [0.3, 0.4) is 0 Å². The first-order valence-corrected chi connectivity index (χ1v) is 13.0. The van der Waals surface area contributed by atoms with Crippen molar-refractivity contribution in [2.45, 2.75) is 118 Å². The Labute approximate surface area is 176 Å². The molecule has 4 fully saturated rings. The third-order valence-corrected chi connectivity index (χ3v) is 10.9. The van der Waals surface area contributed by atoms with Gasteiger partial charge in [-0.1, -0.05) is 53.9 Å². The quantitative estimate of drug-likeness (QED) is 0.521. The summed E-state index contributed by atoms with van der Waals surface area (Å²) in [6.07, 6.45) is 17.5. The van der Waals surface area contributed by atoms with Gasteiger partial charge < -0.3 is 5.73 Å². The summed E-state index contributed by atoms with van der Waals surface area (Å²) in [4.78, 5) is 0. The summed E-state index contributed by atoms with van der Waals surface area (Å²) in [5.74, 6) is 6.79. The second kappa shape index (κ2) is 7.90. The van der Waals surface area contributed by atoms with E-state index in [4.69, 9.17) is 5.73 Å². The van der Waals surface area contributed by atoms with Crippen molar-refractivity contribution >= 4 is 0 Å². The zero-order chi connectivity index (χ0) is 20.1. The van der Waals surface area contributed by atoms with Gasteiger partial charge in [0.2, 0.25) is 0 Å². The van der Waals surface area contributed by atoms with Crippen LogP contribution >= 0.6 is 0 Å². The Morgan fingerprint density at radius 1 is 0.821 bits per heavy atom. The Balaban J connectivity index is 1.46. The first-order valence-electron chi connectivity index (χ1n) is 13.0. The minimum absolute atomic E-state index is 0.492. The minimum atomic E-state index is 0.492. The van der Waals surface area contributed by atoms with Crippen LogP contribution in [0.25, 0.3) is 0 Å². The molecule has 0 saturated heterocycles. The van der Waals surface area contributed by atoms with Crippen LogP contribution in [-0.4, -0.2) is 6.04 Å². The molecule has 4 saturated carbocycles. The Morgan fingerprint density at radius 3 is 2.29 bits per heavy atom. The molecule has 4 aliphatic carbocycles. The van der Waals surface area contributed by atoms with Gasteiger partial charge in [-0.05, 0) is 110 Å². The molecule has 0 aromatic carbocycles. The first kappa shape index (κ1) is 21.2. The normalized spacial score (nSPS) is 49.4. The summed E-state index contributed by atoms with van der Waals surface area (Å²) >= 11 is 0. The Hall–Kier alpha value is -0.0400. The molecule has 4 rings (SSSR count). The summed E-state index contributed by atoms with van der Waals surface area (Å²) in [5.41, 5.74) is 7.64. The summed E-state index contributed by atoms with van der Waals surface area (Å²) in [5, 5.41) is 0. The second-order valence-corrected chi connectivity index (χ2v) is 12.7. The van der Waals surface area contributed by atoms with Gasteiger partial charge in [-0.3, -0.25) is 0 Å². The number of hydrogen-bond acceptors (Lipinski definition) is 1. The maximum Gasteiger partial charge on any atom is 0.00418 e. The van der Waals surface area contributed by atoms with Gasteiger partial charge in [0.1, 0.15) is 0 Å². The highest BCUT2D eigenvalue weighted by molar-refractivity contribution is 5.09. The molecule has 0 aromatic rings. The van der Waals surface area contributed by atoms with Crippen LogP contribution in [0.1, 0.15) is 112 Å². The highest BCUT2D eigenvalue weighted by atomic mass is 14.7. The van der Waals surface area contributed by atoms with Crippen LogP contribution in [0.4, 0.5) is 0 Å². The van der Waals surface area contributed by atoms with Crippen LogP contribution in [-0.2, 0) is 0 Å². The fraction of sp³-hybridized carbons (Fsp3) is 1.00. The lowest BCUT2D eigenvalue weighted by atomic mass is 9.44. The van der Waals surface area contributed by atoms with Crippen LogP contribution in [0, 0.1) is 52.3 Å². The average Bonchev–Trinajstić information content (AvgIpc) is 2.99. The van der Waals surface area contributed by atoms with E-state index in [2.05, 4.69) is 34.6 Å². The van der Waals surface area contributed by atoms with E-state index in [-0.39, 0.29) is 0 Å². The average molecular weight is 388 g/mol. The number of fused-ring (bicyclic) bond motifs is 5. The molecule has 4 aliphatic rings.